The minimum absolute atomic E-state index is 0.0769. The summed E-state index contributed by atoms with van der Waals surface area (Å²) in [5.74, 6) is 0.325. The number of hydrogen-bond donors (Lipinski definition) is 3. The zero-order chi connectivity index (χ0) is 12.0. The lowest BCUT2D eigenvalue weighted by molar-refractivity contribution is -0.123. The molecule has 0 atom stereocenters. The van der Waals surface area contributed by atoms with E-state index >= 15 is 0 Å². The van der Waals surface area contributed by atoms with Gasteiger partial charge in [0, 0.05) is 0 Å². The summed E-state index contributed by atoms with van der Waals surface area (Å²) in [5.41, 5.74) is 5.88. The van der Waals surface area contributed by atoms with E-state index in [1.54, 1.807) is 12.1 Å². The summed E-state index contributed by atoms with van der Waals surface area (Å²) < 4.78 is 5.43. The third-order valence-corrected chi connectivity index (χ3v) is 1.91. The van der Waals surface area contributed by atoms with Crippen molar-refractivity contribution in [3.63, 3.8) is 0 Å². The average Bonchev–Trinajstić information content (AvgIpc) is 2.25. The summed E-state index contributed by atoms with van der Waals surface area (Å²) in [4.78, 5) is 11.2. The summed E-state index contributed by atoms with van der Waals surface area (Å²) >= 11 is 8.39. The Bertz CT molecular complexity index is 379. The first-order chi connectivity index (χ1) is 7.58. The number of rotatable bonds is 3. The van der Waals surface area contributed by atoms with E-state index in [1.807, 2.05) is 19.1 Å². The largest absolute Gasteiger partial charge is 0.484 e. The normalized spacial score (nSPS) is 9.38. The van der Waals surface area contributed by atoms with Crippen molar-refractivity contribution in [3.8, 4) is 5.75 Å². The monoisotopic (exact) mass is 256 g/mol. The van der Waals surface area contributed by atoms with Gasteiger partial charge in [-0.3, -0.25) is 15.6 Å². The van der Waals surface area contributed by atoms with Gasteiger partial charge in [-0.25, -0.2) is 0 Å². The van der Waals surface area contributed by atoms with E-state index in [1.165, 1.54) is 0 Å². The number of thiocarbonyl (C=S) groups is 1. The van der Waals surface area contributed by atoms with E-state index in [2.05, 4.69) is 35.7 Å². The number of aryl methyl sites for hydroxylation is 1. The van der Waals surface area contributed by atoms with Gasteiger partial charge < -0.3 is 4.74 Å². The van der Waals surface area contributed by atoms with Gasteiger partial charge in [-0.2, -0.15) is 0 Å². The van der Waals surface area contributed by atoms with Crippen molar-refractivity contribution in [2.24, 2.45) is 0 Å². The van der Waals surface area contributed by atoms with Crippen LogP contribution in [0.5, 0.6) is 5.75 Å². The highest BCUT2D eigenvalue weighted by molar-refractivity contribution is 8.11. The van der Waals surface area contributed by atoms with Crippen LogP contribution >= 0.6 is 24.8 Å². The van der Waals surface area contributed by atoms with E-state index in [-0.39, 0.29) is 16.8 Å². The summed E-state index contributed by atoms with van der Waals surface area (Å²) in [7, 11) is 0. The van der Waals surface area contributed by atoms with Crippen molar-refractivity contribution in [1.82, 2.24) is 10.9 Å². The molecule has 6 heteroatoms. The molecule has 0 fully saturated rings. The van der Waals surface area contributed by atoms with Crippen LogP contribution in [0.2, 0.25) is 0 Å². The molecular formula is C10H12N2O2S2. The minimum atomic E-state index is -0.322. The number of thiol groups is 1. The molecule has 0 saturated heterocycles. The average molecular weight is 256 g/mol. The fourth-order valence-corrected chi connectivity index (χ4v) is 1.05. The number of ether oxygens (including phenoxy) is 1. The number of amides is 1. The molecule has 1 rings (SSSR count). The Balaban J connectivity index is 2.31. The van der Waals surface area contributed by atoms with Crippen molar-refractivity contribution in [2.45, 2.75) is 6.92 Å². The first kappa shape index (κ1) is 12.8. The van der Waals surface area contributed by atoms with Crippen molar-refractivity contribution in [1.29, 1.82) is 0 Å². The zero-order valence-electron chi connectivity index (χ0n) is 8.69. The van der Waals surface area contributed by atoms with Gasteiger partial charge in [-0.15, -0.1) is 12.6 Å². The standard InChI is InChI=1S/C10H12N2O2S2/c1-7-2-4-8(5-3-7)14-6-9(13)11-12-10(15)16/h2-5H,6H2,1H3,(H,11,13)(H2,12,15,16). The second-order valence-electron chi connectivity index (χ2n) is 3.08. The second kappa shape index (κ2) is 6.34. The number of nitrogens with one attached hydrogen (secondary N) is 2. The molecule has 0 aliphatic heterocycles. The zero-order valence-corrected chi connectivity index (χ0v) is 10.4. The van der Waals surface area contributed by atoms with Crippen LogP contribution in [0, 0.1) is 6.92 Å². The Morgan fingerprint density at radius 1 is 1.38 bits per heavy atom. The molecule has 0 aliphatic rings. The highest BCUT2D eigenvalue weighted by Crippen LogP contribution is 2.10. The molecule has 1 aromatic rings. The van der Waals surface area contributed by atoms with Crippen LogP contribution in [0.3, 0.4) is 0 Å². The Kier molecular flexibility index (Phi) is 5.07. The Morgan fingerprint density at radius 2 is 2.00 bits per heavy atom. The number of hydrazine groups is 1. The summed E-state index contributed by atoms with van der Waals surface area (Å²) in [6.07, 6.45) is 0. The van der Waals surface area contributed by atoms with Crippen LogP contribution in [0.25, 0.3) is 0 Å². The van der Waals surface area contributed by atoms with Gasteiger partial charge in [0.2, 0.25) is 0 Å². The molecule has 0 spiro atoms. The molecule has 1 amide bonds. The van der Waals surface area contributed by atoms with Gasteiger partial charge in [0.25, 0.3) is 5.91 Å². The fourth-order valence-electron chi connectivity index (χ4n) is 0.943. The topological polar surface area (TPSA) is 50.4 Å². The van der Waals surface area contributed by atoms with Crippen LogP contribution in [0.1, 0.15) is 5.56 Å². The van der Waals surface area contributed by atoms with Crippen molar-refractivity contribution in [3.05, 3.63) is 29.8 Å². The van der Waals surface area contributed by atoms with Crippen LogP contribution in [-0.2, 0) is 4.79 Å². The fraction of sp³-hybridized carbons (Fsp3) is 0.200. The Hall–Kier alpha value is -1.27. The lowest BCUT2D eigenvalue weighted by Gasteiger charge is -2.07. The first-order valence-corrected chi connectivity index (χ1v) is 5.41. The van der Waals surface area contributed by atoms with Crippen molar-refractivity contribution in [2.75, 3.05) is 6.61 Å². The van der Waals surface area contributed by atoms with Crippen LogP contribution < -0.4 is 15.6 Å². The number of benzene rings is 1. The van der Waals surface area contributed by atoms with Gasteiger partial charge in [0.1, 0.15) is 10.1 Å². The van der Waals surface area contributed by atoms with Crippen LogP contribution in [-0.4, -0.2) is 16.8 Å². The summed E-state index contributed by atoms with van der Waals surface area (Å²) in [6.45, 7) is 1.90. The molecule has 0 aliphatic carbocycles. The molecule has 0 aromatic heterocycles. The molecule has 2 N–H and O–H groups in total. The molecule has 86 valence electrons. The highest BCUT2D eigenvalue weighted by Gasteiger charge is 2.01. The Morgan fingerprint density at radius 3 is 2.56 bits per heavy atom. The van der Waals surface area contributed by atoms with Crippen molar-refractivity contribution >= 4 is 35.1 Å². The molecule has 0 radical (unpaired) electrons. The van der Waals surface area contributed by atoms with E-state index in [0.29, 0.717) is 5.75 Å². The van der Waals surface area contributed by atoms with Gasteiger partial charge in [-0.05, 0) is 19.1 Å². The van der Waals surface area contributed by atoms with Gasteiger partial charge in [-0.1, -0.05) is 29.9 Å². The highest BCUT2D eigenvalue weighted by atomic mass is 32.1. The van der Waals surface area contributed by atoms with Gasteiger partial charge >= 0.3 is 0 Å². The molecule has 0 saturated carbocycles. The number of carbonyl (C=O) groups excluding carboxylic acids is 1. The lowest BCUT2D eigenvalue weighted by Crippen LogP contribution is -2.41. The van der Waals surface area contributed by atoms with E-state index in [0.717, 1.165) is 5.56 Å². The number of hydrogen-bond acceptors (Lipinski definition) is 3. The molecule has 4 nitrogen and oxygen atoms in total. The predicted octanol–water partition coefficient (Wildman–Crippen LogP) is 1.21. The van der Waals surface area contributed by atoms with Crippen LogP contribution in [0.4, 0.5) is 0 Å². The maximum Gasteiger partial charge on any atom is 0.276 e. The van der Waals surface area contributed by atoms with E-state index in [4.69, 9.17) is 4.74 Å². The summed E-state index contributed by atoms with van der Waals surface area (Å²) in [5, 5.41) is 0. The SMILES string of the molecule is Cc1ccc(OCC(=O)NNC(=S)S)cc1. The van der Waals surface area contributed by atoms with Crippen molar-refractivity contribution < 1.29 is 9.53 Å². The van der Waals surface area contributed by atoms with E-state index in [9.17, 15) is 4.79 Å². The van der Waals surface area contributed by atoms with E-state index < -0.39 is 0 Å². The summed E-state index contributed by atoms with van der Waals surface area (Å²) in [6, 6.07) is 7.43. The maximum absolute atomic E-state index is 11.2. The molecular weight excluding hydrogens is 244 g/mol. The Labute approximate surface area is 105 Å². The quantitative estimate of drug-likeness (QED) is 0.432. The maximum atomic E-state index is 11.2. The lowest BCUT2D eigenvalue weighted by atomic mass is 10.2. The predicted molar refractivity (Wildman–Crippen MR) is 69.5 cm³/mol. The molecule has 0 heterocycles. The first-order valence-electron chi connectivity index (χ1n) is 4.55. The molecule has 0 bridgehead atoms. The smallest absolute Gasteiger partial charge is 0.276 e. The third-order valence-electron chi connectivity index (χ3n) is 1.70. The number of carbonyl (C=O) groups is 1. The second-order valence-corrected chi connectivity index (χ2v) is 4.24. The molecule has 16 heavy (non-hydrogen) atoms. The van der Waals surface area contributed by atoms with Gasteiger partial charge in [0.05, 0.1) is 0 Å². The van der Waals surface area contributed by atoms with Gasteiger partial charge in [0.15, 0.2) is 6.61 Å². The van der Waals surface area contributed by atoms with Crippen LogP contribution in [0.15, 0.2) is 24.3 Å². The molecule has 0 unspecified atom stereocenters. The minimum Gasteiger partial charge on any atom is -0.484 e. The molecule has 1 aromatic carbocycles. The third kappa shape index (κ3) is 4.99.